The van der Waals surface area contributed by atoms with E-state index in [4.69, 9.17) is 4.52 Å². The van der Waals surface area contributed by atoms with Gasteiger partial charge in [-0.2, -0.15) is 0 Å². The molecular formula is C19H15O3P. The number of hydrogen-bond acceptors (Lipinski definition) is 2. The monoisotopic (exact) mass is 322 g/mol. The zero-order valence-corrected chi connectivity index (χ0v) is 13.2. The predicted molar refractivity (Wildman–Crippen MR) is 93.1 cm³/mol. The molecule has 1 N–H and O–H groups in total. The van der Waals surface area contributed by atoms with E-state index in [0.717, 1.165) is 10.6 Å². The van der Waals surface area contributed by atoms with Gasteiger partial charge in [-0.3, -0.25) is 0 Å². The minimum absolute atomic E-state index is 0.173. The van der Waals surface area contributed by atoms with E-state index in [-0.39, 0.29) is 5.56 Å². The summed E-state index contributed by atoms with van der Waals surface area (Å²) < 4.78 is 6.16. The van der Waals surface area contributed by atoms with Gasteiger partial charge in [0.2, 0.25) is 0 Å². The van der Waals surface area contributed by atoms with Crippen LogP contribution in [0.25, 0.3) is 0 Å². The van der Waals surface area contributed by atoms with E-state index < -0.39 is 14.1 Å². The summed E-state index contributed by atoms with van der Waals surface area (Å²) in [5.41, 5.74) is 0.173. The average molecular weight is 322 g/mol. The highest BCUT2D eigenvalue weighted by atomic mass is 31.1. The lowest BCUT2D eigenvalue weighted by Gasteiger charge is -2.20. The van der Waals surface area contributed by atoms with Crippen molar-refractivity contribution in [2.75, 3.05) is 0 Å². The molecule has 0 fully saturated rings. The zero-order valence-electron chi connectivity index (χ0n) is 12.3. The highest BCUT2D eigenvalue weighted by Crippen LogP contribution is 2.37. The first-order valence-corrected chi connectivity index (χ1v) is 8.42. The van der Waals surface area contributed by atoms with E-state index in [1.165, 1.54) is 0 Å². The minimum atomic E-state index is -1.13. The van der Waals surface area contributed by atoms with Gasteiger partial charge in [0.25, 0.3) is 0 Å². The van der Waals surface area contributed by atoms with Crippen LogP contribution in [0.1, 0.15) is 10.4 Å². The summed E-state index contributed by atoms with van der Waals surface area (Å²) in [6.45, 7) is 0. The molecule has 0 unspecified atom stereocenters. The van der Waals surface area contributed by atoms with Gasteiger partial charge in [0.15, 0.2) is 8.15 Å². The predicted octanol–water partition coefficient (Wildman–Crippen LogP) is 3.81. The Morgan fingerprint density at radius 3 is 1.74 bits per heavy atom. The third kappa shape index (κ3) is 3.58. The van der Waals surface area contributed by atoms with Gasteiger partial charge in [0.1, 0.15) is 11.3 Å². The number of hydrogen-bond donors (Lipinski definition) is 1. The van der Waals surface area contributed by atoms with Crippen molar-refractivity contribution >= 4 is 24.7 Å². The molecule has 3 nitrogen and oxygen atoms in total. The fourth-order valence-corrected chi connectivity index (χ4v) is 3.95. The van der Waals surface area contributed by atoms with E-state index in [9.17, 15) is 9.90 Å². The molecule has 3 aromatic carbocycles. The number of benzene rings is 3. The zero-order chi connectivity index (χ0) is 16.1. The highest BCUT2D eigenvalue weighted by Gasteiger charge is 2.19. The number of aromatic carboxylic acids is 1. The second-order valence-corrected chi connectivity index (χ2v) is 6.66. The molecule has 3 rings (SSSR count). The standard InChI is InChI=1S/C19H15O3P/c20-19(21)17-13-7-8-14-18(17)22-23(15-9-3-1-4-10-15)16-11-5-2-6-12-16/h1-14H,(H,20,21). The van der Waals surface area contributed by atoms with Crippen LogP contribution in [0.2, 0.25) is 0 Å². The maximum Gasteiger partial charge on any atom is 0.339 e. The van der Waals surface area contributed by atoms with Crippen molar-refractivity contribution in [3.8, 4) is 5.75 Å². The lowest BCUT2D eigenvalue weighted by molar-refractivity contribution is 0.0695. The molecule has 0 aliphatic heterocycles. The van der Waals surface area contributed by atoms with Gasteiger partial charge in [0, 0.05) is 10.6 Å². The first-order chi connectivity index (χ1) is 11.3. The molecule has 0 aliphatic rings. The topological polar surface area (TPSA) is 46.5 Å². The smallest absolute Gasteiger partial charge is 0.339 e. The first-order valence-electron chi connectivity index (χ1n) is 7.16. The van der Waals surface area contributed by atoms with Crippen LogP contribution in [0, 0.1) is 0 Å². The van der Waals surface area contributed by atoms with E-state index in [2.05, 4.69) is 0 Å². The van der Waals surface area contributed by atoms with Crippen molar-refractivity contribution in [2.24, 2.45) is 0 Å². The van der Waals surface area contributed by atoms with E-state index >= 15 is 0 Å². The van der Waals surface area contributed by atoms with E-state index in [1.807, 2.05) is 60.7 Å². The summed E-state index contributed by atoms with van der Waals surface area (Å²) in [4.78, 5) is 11.4. The van der Waals surface area contributed by atoms with Gasteiger partial charge in [-0.1, -0.05) is 72.8 Å². The maximum atomic E-state index is 11.4. The number of carboxylic acids is 1. The summed E-state index contributed by atoms with van der Waals surface area (Å²) in [5, 5.41) is 11.4. The molecule has 0 bridgehead atoms. The largest absolute Gasteiger partial charge is 0.478 e. The van der Waals surface area contributed by atoms with Crippen molar-refractivity contribution in [1.82, 2.24) is 0 Å². The van der Waals surface area contributed by atoms with Gasteiger partial charge in [-0.25, -0.2) is 4.79 Å². The molecule has 0 saturated carbocycles. The summed E-state index contributed by atoms with van der Waals surface area (Å²) in [7, 11) is -1.13. The molecule has 4 heteroatoms. The van der Waals surface area contributed by atoms with Gasteiger partial charge >= 0.3 is 5.97 Å². The van der Waals surface area contributed by atoms with Gasteiger partial charge in [-0.05, 0) is 12.1 Å². The molecule has 0 aromatic heterocycles. The Morgan fingerprint density at radius 1 is 0.739 bits per heavy atom. The highest BCUT2D eigenvalue weighted by molar-refractivity contribution is 7.68. The van der Waals surface area contributed by atoms with Crippen molar-refractivity contribution in [2.45, 2.75) is 0 Å². The van der Waals surface area contributed by atoms with Crippen molar-refractivity contribution in [3.63, 3.8) is 0 Å². The summed E-state index contributed by atoms with van der Waals surface area (Å²) in [5.74, 6) is -0.601. The quantitative estimate of drug-likeness (QED) is 0.727. The fraction of sp³-hybridized carbons (Fsp3) is 0. The van der Waals surface area contributed by atoms with E-state index in [1.54, 1.807) is 24.3 Å². The Labute approximate surface area is 136 Å². The molecule has 23 heavy (non-hydrogen) atoms. The Bertz CT molecular complexity index is 748. The van der Waals surface area contributed by atoms with Crippen LogP contribution in [0.3, 0.4) is 0 Å². The molecule has 0 spiro atoms. The lowest BCUT2D eigenvalue weighted by Crippen LogP contribution is -2.16. The summed E-state index contributed by atoms with van der Waals surface area (Å²) in [6, 6.07) is 26.5. The van der Waals surface area contributed by atoms with Crippen LogP contribution >= 0.6 is 8.15 Å². The minimum Gasteiger partial charge on any atom is -0.478 e. The normalized spacial score (nSPS) is 10.5. The number of carboxylic acid groups (broad SMARTS) is 1. The Balaban J connectivity index is 2.02. The summed E-state index contributed by atoms with van der Waals surface area (Å²) >= 11 is 0. The van der Waals surface area contributed by atoms with Crippen molar-refractivity contribution in [3.05, 3.63) is 90.5 Å². The van der Waals surface area contributed by atoms with Crippen molar-refractivity contribution in [1.29, 1.82) is 0 Å². The SMILES string of the molecule is O=C(O)c1ccccc1OP(c1ccccc1)c1ccccc1. The lowest BCUT2D eigenvalue weighted by atomic mass is 10.2. The number of para-hydroxylation sites is 1. The summed E-state index contributed by atoms with van der Waals surface area (Å²) in [6.07, 6.45) is 0. The second-order valence-electron chi connectivity index (χ2n) is 4.86. The third-order valence-corrected chi connectivity index (χ3v) is 5.20. The fourth-order valence-electron chi connectivity index (χ4n) is 2.20. The molecule has 0 atom stereocenters. The molecule has 0 heterocycles. The van der Waals surface area contributed by atoms with Crippen LogP contribution < -0.4 is 15.1 Å². The number of carbonyl (C=O) groups is 1. The van der Waals surface area contributed by atoms with Crippen LogP contribution in [0.5, 0.6) is 5.75 Å². The maximum absolute atomic E-state index is 11.4. The first kappa shape index (κ1) is 15.3. The van der Waals surface area contributed by atoms with Gasteiger partial charge in [0.05, 0.1) is 0 Å². The molecule has 0 radical (unpaired) electrons. The average Bonchev–Trinajstić information content (AvgIpc) is 2.61. The van der Waals surface area contributed by atoms with Crippen LogP contribution in [-0.2, 0) is 0 Å². The van der Waals surface area contributed by atoms with Gasteiger partial charge < -0.3 is 9.63 Å². The molecule has 0 saturated heterocycles. The molecule has 0 aliphatic carbocycles. The van der Waals surface area contributed by atoms with Crippen LogP contribution in [0.15, 0.2) is 84.9 Å². The van der Waals surface area contributed by atoms with Crippen LogP contribution in [0.4, 0.5) is 0 Å². The Hall–Kier alpha value is -2.64. The van der Waals surface area contributed by atoms with E-state index in [0.29, 0.717) is 5.75 Å². The third-order valence-electron chi connectivity index (χ3n) is 3.29. The second kappa shape index (κ2) is 7.08. The molecule has 114 valence electrons. The molecular weight excluding hydrogens is 307 g/mol. The molecule has 0 amide bonds. The Kier molecular flexibility index (Phi) is 4.70. The Morgan fingerprint density at radius 2 is 1.22 bits per heavy atom. The number of rotatable bonds is 5. The van der Waals surface area contributed by atoms with Crippen LogP contribution in [-0.4, -0.2) is 11.1 Å². The van der Waals surface area contributed by atoms with Crippen molar-refractivity contribution < 1.29 is 14.4 Å². The van der Waals surface area contributed by atoms with Gasteiger partial charge in [-0.15, -0.1) is 0 Å². The molecule has 3 aromatic rings.